The average Bonchev–Trinajstić information content (AvgIpc) is 2.76. The minimum absolute atomic E-state index is 0.258. The van der Waals surface area contributed by atoms with E-state index in [0.717, 1.165) is 12.3 Å². The monoisotopic (exact) mass is 273 g/mol. The van der Waals surface area contributed by atoms with Crippen LogP contribution in [0.3, 0.4) is 0 Å². The van der Waals surface area contributed by atoms with Crippen molar-refractivity contribution in [2.24, 2.45) is 7.05 Å². The van der Waals surface area contributed by atoms with Crippen LogP contribution in [0.15, 0.2) is 24.4 Å². The average molecular weight is 273 g/mol. The molecule has 0 fully saturated rings. The fourth-order valence-corrected chi connectivity index (χ4v) is 2.36. The predicted molar refractivity (Wildman–Crippen MR) is 80.9 cm³/mol. The number of hydrogen-bond acceptors (Lipinski definition) is 3. The third-order valence-corrected chi connectivity index (χ3v) is 3.77. The normalized spacial score (nSPS) is 12.4. The van der Waals surface area contributed by atoms with Gasteiger partial charge in [-0.15, -0.1) is 0 Å². The zero-order valence-electron chi connectivity index (χ0n) is 12.9. The highest BCUT2D eigenvalue weighted by atomic mass is 16.5. The molecule has 0 aliphatic carbocycles. The van der Waals surface area contributed by atoms with E-state index in [2.05, 4.69) is 43.3 Å². The second kappa shape index (κ2) is 6.09. The van der Waals surface area contributed by atoms with E-state index in [4.69, 9.17) is 4.74 Å². The molecule has 4 nitrogen and oxygen atoms in total. The number of hydrogen-bond donors (Lipinski definition) is 1. The van der Waals surface area contributed by atoms with E-state index in [9.17, 15) is 0 Å². The van der Waals surface area contributed by atoms with Crippen LogP contribution in [0.1, 0.15) is 35.3 Å². The highest BCUT2D eigenvalue weighted by Crippen LogP contribution is 2.21. The first kappa shape index (κ1) is 14.6. The summed E-state index contributed by atoms with van der Waals surface area (Å²) in [5.74, 6) is 0.929. The maximum absolute atomic E-state index is 5.41. The van der Waals surface area contributed by atoms with Gasteiger partial charge in [-0.1, -0.05) is 17.7 Å². The summed E-state index contributed by atoms with van der Waals surface area (Å²) >= 11 is 0. The van der Waals surface area contributed by atoms with E-state index in [0.29, 0.717) is 0 Å². The van der Waals surface area contributed by atoms with Crippen LogP contribution < -0.4 is 10.1 Å². The largest absolute Gasteiger partial charge is 0.496 e. The van der Waals surface area contributed by atoms with Gasteiger partial charge in [0.15, 0.2) is 0 Å². The highest BCUT2D eigenvalue weighted by Gasteiger charge is 2.12. The molecule has 0 bridgehead atoms. The Labute approximate surface area is 120 Å². The molecule has 0 saturated carbocycles. The minimum atomic E-state index is 0.258. The number of nitrogens with zero attached hydrogens (tertiary/aromatic N) is 2. The summed E-state index contributed by atoms with van der Waals surface area (Å²) in [6, 6.07) is 6.51. The van der Waals surface area contributed by atoms with E-state index in [1.165, 1.54) is 22.4 Å². The van der Waals surface area contributed by atoms with Crippen LogP contribution in [0.2, 0.25) is 0 Å². The van der Waals surface area contributed by atoms with E-state index in [1.54, 1.807) is 7.11 Å². The van der Waals surface area contributed by atoms with Crippen LogP contribution in [-0.2, 0) is 13.6 Å². The van der Waals surface area contributed by atoms with Gasteiger partial charge in [0.1, 0.15) is 5.75 Å². The molecule has 1 atom stereocenters. The van der Waals surface area contributed by atoms with Crippen molar-refractivity contribution in [2.75, 3.05) is 7.11 Å². The maximum Gasteiger partial charge on any atom is 0.123 e. The zero-order chi connectivity index (χ0) is 14.7. The van der Waals surface area contributed by atoms with E-state index >= 15 is 0 Å². The third kappa shape index (κ3) is 3.02. The first-order valence-corrected chi connectivity index (χ1v) is 6.88. The molecule has 2 aromatic rings. The Morgan fingerprint density at radius 3 is 2.70 bits per heavy atom. The minimum Gasteiger partial charge on any atom is -0.496 e. The summed E-state index contributed by atoms with van der Waals surface area (Å²) in [5, 5.41) is 7.83. The Kier molecular flexibility index (Phi) is 4.45. The second-order valence-corrected chi connectivity index (χ2v) is 5.23. The summed E-state index contributed by atoms with van der Waals surface area (Å²) in [6.45, 7) is 7.12. The van der Waals surface area contributed by atoms with E-state index in [1.807, 2.05) is 24.0 Å². The van der Waals surface area contributed by atoms with Crippen LogP contribution in [0.25, 0.3) is 0 Å². The van der Waals surface area contributed by atoms with Crippen LogP contribution in [0.4, 0.5) is 0 Å². The van der Waals surface area contributed by atoms with Crippen molar-refractivity contribution in [1.82, 2.24) is 15.1 Å². The van der Waals surface area contributed by atoms with Gasteiger partial charge < -0.3 is 10.1 Å². The smallest absolute Gasteiger partial charge is 0.123 e. The third-order valence-electron chi connectivity index (χ3n) is 3.77. The number of methoxy groups -OCH3 is 1. The van der Waals surface area contributed by atoms with Crippen molar-refractivity contribution in [3.8, 4) is 5.75 Å². The Bertz CT molecular complexity index is 589. The highest BCUT2D eigenvalue weighted by molar-refractivity contribution is 5.37. The summed E-state index contributed by atoms with van der Waals surface area (Å²) in [4.78, 5) is 0. The lowest BCUT2D eigenvalue weighted by Crippen LogP contribution is -2.19. The molecular weight excluding hydrogens is 250 g/mol. The molecule has 1 unspecified atom stereocenters. The van der Waals surface area contributed by atoms with Crippen LogP contribution in [0, 0.1) is 13.8 Å². The van der Waals surface area contributed by atoms with Gasteiger partial charge in [0.2, 0.25) is 0 Å². The van der Waals surface area contributed by atoms with Crippen LogP contribution in [0.5, 0.6) is 5.75 Å². The number of aromatic nitrogens is 2. The van der Waals surface area contributed by atoms with E-state index in [-0.39, 0.29) is 6.04 Å². The molecule has 1 heterocycles. The first-order valence-electron chi connectivity index (χ1n) is 6.88. The van der Waals surface area contributed by atoms with Crippen molar-refractivity contribution in [3.63, 3.8) is 0 Å². The molecular formula is C16H23N3O. The maximum atomic E-state index is 5.41. The summed E-state index contributed by atoms with van der Waals surface area (Å²) in [5.41, 5.74) is 4.86. The van der Waals surface area contributed by atoms with Crippen LogP contribution in [-0.4, -0.2) is 16.9 Å². The number of nitrogens with one attached hydrogen (secondary N) is 1. The molecule has 2 rings (SSSR count). The molecule has 0 radical (unpaired) electrons. The molecule has 108 valence electrons. The number of benzene rings is 1. The number of aryl methyl sites for hydroxylation is 2. The summed E-state index contributed by atoms with van der Waals surface area (Å²) in [6.07, 6.45) is 1.93. The fraction of sp³-hybridized carbons (Fsp3) is 0.438. The zero-order valence-corrected chi connectivity index (χ0v) is 12.9. The second-order valence-electron chi connectivity index (χ2n) is 5.23. The number of ether oxygens (including phenoxy) is 1. The van der Waals surface area contributed by atoms with Crippen molar-refractivity contribution >= 4 is 0 Å². The van der Waals surface area contributed by atoms with Gasteiger partial charge in [-0.25, -0.2) is 0 Å². The predicted octanol–water partition coefficient (Wildman–Crippen LogP) is 2.90. The number of rotatable bonds is 5. The van der Waals surface area contributed by atoms with Gasteiger partial charge in [-0.3, -0.25) is 4.68 Å². The Hall–Kier alpha value is -1.81. The lowest BCUT2D eigenvalue weighted by molar-refractivity contribution is 0.406. The van der Waals surface area contributed by atoms with Crippen molar-refractivity contribution < 1.29 is 4.74 Å². The van der Waals surface area contributed by atoms with Gasteiger partial charge in [0.05, 0.1) is 13.3 Å². The van der Waals surface area contributed by atoms with Gasteiger partial charge in [0.25, 0.3) is 0 Å². The summed E-state index contributed by atoms with van der Waals surface area (Å²) in [7, 11) is 3.68. The van der Waals surface area contributed by atoms with Gasteiger partial charge in [-0.2, -0.15) is 5.10 Å². The summed E-state index contributed by atoms with van der Waals surface area (Å²) < 4.78 is 7.31. The van der Waals surface area contributed by atoms with Gasteiger partial charge >= 0.3 is 0 Å². The molecule has 1 aromatic carbocycles. The molecule has 4 heteroatoms. The Morgan fingerprint density at radius 1 is 1.35 bits per heavy atom. The molecule has 1 N–H and O–H groups in total. The standard InChI is InChI=1S/C16H23N3O/c1-11-6-7-16(20-5)14(8-11)9-17-12(2)15-10-18-19(4)13(15)3/h6-8,10,12,17H,9H2,1-5H3. The fourth-order valence-electron chi connectivity index (χ4n) is 2.36. The molecule has 0 amide bonds. The molecule has 0 spiro atoms. The topological polar surface area (TPSA) is 39.1 Å². The lowest BCUT2D eigenvalue weighted by Gasteiger charge is -2.16. The van der Waals surface area contributed by atoms with Gasteiger partial charge in [0, 0.05) is 36.5 Å². The van der Waals surface area contributed by atoms with Crippen molar-refractivity contribution in [2.45, 2.75) is 33.4 Å². The quantitative estimate of drug-likeness (QED) is 0.910. The van der Waals surface area contributed by atoms with E-state index < -0.39 is 0 Å². The first-order chi connectivity index (χ1) is 9.52. The van der Waals surface area contributed by atoms with Crippen LogP contribution >= 0.6 is 0 Å². The van der Waals surface area contributed by atoms with Gasteiger partial charge in [-0.05, 0) is 26.8 Å². The van der Waals surface area contributed by atoms with Crippen molar-refractivity contribution in [1.29, 1.82) is 0 Å². The lowest BCUT2D eigenvalue weighted by atomic mass is 10.1. The Balaban J connectivity index is 2.09. The molecule has 1 aromatic heterocycles. The molecule has 20 heavy (non-hydrogen) atoms. The Morgan fingerprint density at radius 2 is 2.10 bits per heavy atom. The molecule has 0 aliphatic rings. The molecule has 0 aliphatic heterocycles. The molecule has 0 saturated heterocycles. The SMILES string of the molecule is COc1ccc(C)cc1CNC(C)c1cnn(C)c1C. The van der Waals surface area contributed by atoms with Crippen molar-refractivity contribution in [3.05, 3.63) is 46.8 Å².